The molecule has 2 aromatic heterocycles. The van der Waals surface area contributed by atoms with Gasteiger partial charge in [-0.05, 0) is 50.7 Å². The molecule has 0 radical (unpaired) electrons. The third-order valence-electron chi connectivity index (χ3n) is 4.46. The molecule has 0 saturated carbocycles. The topological polar surface area (TPSA) is 58.0 Å². The van der Waals surface area contributed by atoms with Crippen LogP contribution in [0.15, 0.2) is 18.5 Å². The lowest BCUT2D eigenvalue weighted by atomic mass is 9.84. The van der Waals surface area contributed by atoms with Gasteiger partial charge in [0.15, 0.2) is 0 Å². The van der Waals surface area contributed by atoms with Crippen LogP contribution in [0.25, 0.3) is 0 Å². The van der Waals surface area contributed by atoms with Crippen molar-refractivity contribution in [3.05, 3.63) is 44.6 Å². The standard InChI is InChI=1S/C17H22ClN3OS/c1-10-7-13(17-12(3-6-22)9-15(18)23-17)8-14(21-10)16-11(2)19-4-5-20-16/h4-5,9-10,13-14,21-22H,3,6-8H2,1-2H3. The Morgan fingerprint density at radius 1 is 1.35 bits per heavy atom. The summed E-state index contributed by atoms with van der Waals surface area (Å²) in [4.78, 5) is 10.2. The second-order valence-electron chi connectivity index (χ2n) is 6.23. The molecule has 3 heterocycles. The van der Waals surface area contributed by atoms with Crippen LogP contribution in [0, 0.1) is 6.92 Å². The molecule has 4 nitrogen and oxygen atoms in total. The van der Waals surface area contributed by atoms with Crippen molar-refractivity contribution in [3.63, 3.8) is 0 Å². The molecule has 23 heavy (non-hydrogen) atoms. The van der Waals surface area contributed by atoms with E-state index in [2.05, 4.69) is 22.2 Å². The van der Waals surface area contributed by atoms with E-state index in [4.69, 9.17) is 11.6 Å². The number of aliphatic hydroxyl groups is 1. The maximum Gasteiger partial charge on any atom is 0.0934 e. The first-order chi connectivity index (χ1) is 11.1. The van der Waals surface area contributed by atoms with E-state index in [9.17, 15) is 5.11 Å². The number of piperidine rings is 1. The van der Waals surface area contributed by atoms with Crippen LogP contribution in [-0.4, -0.2) is 27.7 Å². The zero-order chi connectivity index (χ0) is 16.4. The lowest BCUT2D eigenvalue weighted by molar-refractivity contribution is 0.293. The molecule has 1 fully saturated rings. The molecule has 0 spiro atoms. The Morgan fingerprint density at radius 3 is 2.87 bits per heavy atom. The zero-order valence-electron chi connectivity index (χ0n) is 13.4. The minimum absolute atomic E-state index is 0.160. The highest BCUT2D eigenvalue weighted by molar-refractivity contribution is 7.16. The van der Waals surface area contributed by atoms with Crippen molar-refractivity contribution in [2.24, 2.45) is 0 Å². The molecule has 0 bridgehead atoms. The number of thiophene rings is 1. The summed E-state index contributed by atoms with van der Waals surface area (Å²) in [5.74, 6) is 0.441. The van der Waals surface area contributed by atoms with E-state index in [1.165, 1.54) is 10.4 Å². The summed E-state index contributed by atoms with van der Waals surface area (Å²) in [6, 6.07) is 2.62. The van der Waals surface area contributed by atoms with E-state index in [1.807, 2.05) is 13.0 Å². The third kappa shape index (κ3) is 3.74. The summed E-state index contributed by atoms with van der Waals surface area (Å²) in [6.07, 6.45) is 6.23. The summed E-state index contributed by atoms with van der Waals surface area (Å²) in [5, 5.41) is 13.0. The minimum Gasteiger partial charge on any atom is -0.396 e. The number of aromatic nitrogens is 2. The molecule has 0 aliphatic carbocycles. The first-order valence-electron chi connectivity index (χ1n) is 8.01. The lowest BCUT2D eigenvalue weighted by Crippen LogP contribution is -2.38. The molecule has 2 N–H and O–H groups in total. The normalized spacial score (nSPS) is 24.8. The Hall–Kier alpha value is -1.01. The zero-order valence-corrected chi connectivity index (χ0v) is 15.0. The molecule has 1 aliphatic heterocycles. The predicted molar refractivity (Wildman–Crippen MR) is 94.2 cm³/mol. The highest BCUT2D eigenvalue weighted by atomic mass is 35.5. The molecular weight excluding hydrogens is 330 g/mol. The fourth-order valence-electron chi connectivity index (χ4n) is 3.52. The number of hydrogen-bond donors (Lipinski definition) is 2. The molecule has 1 saturated heterocycles. The SMILES string of the molecule is Cc1nccnc1C1CC(c2sc(Cl)cc2CCO)CC(C)N1. The van der Waals surface area contributed by atoms with Crippen LogP contribution in [0.2, 0.25) is 4.34 Å². The number of aryl methyl sites for hydroxylation is 1. The Bertz CT molecular complexity index is 676. The molecule has 6 heteroatoms. The largest absolute Gasteiger partial charge is 0.396 e. The van der Waals surface area contributed by atoms with Gasteiger partial charge in [-0.2, -0.15) is 0 Å². The Kier molecular flexibility index (Phi) is 5.31. The molecule has 0 amide bonds. The second-order valence-corrected chi connectivity index (χ2v) is 7.94. The molecule has 0 aromatic carbocycles. The number of rotatable bonds is 4. The van der Waals surface area contributed by atoms with Gasteiger partial charge in [0.2, 0.25) is 0 Å². The number of nitrogens with one attached hydrogen (secondary N) is 1. The highest BCUT2D eigenvalue weighted by Crippen LogP contribution is 2.42. The van der Waals surface area contributed by atoms with E-state index >= 15 is 0 Å². The summed E-state index contributed by atoms with van der Waals surface area (Å²) in [6.45, 7) is 4.39. The van der Waals surface area contributed by atoms with E-state index in [0.29, 0.717) is 18.4 Å². The van der Waals surface area contributed by atoms with Gasteiger partial charge in [-0.1, -0.05) is 11.6 Å². The van der Waals surface area contributed by atoms with Gasteiger partial charge in [-0.15, -0.1) is 11.3 Å². The number of nitrogens with zero attached hydrogens (tertiary/aromatic N) is 2. The fourth-order valence-corrected chi connectivity index (χ4v) is 4.97. The highest BCUT2D eigenvalue weighted by Gasteiger charge is 2.31. The number of aliphatic hydroxyl groups excluding tert-OH is 1. The van der Waals surface area contributed by atoms with Crippen molar-refractivity contribution in [1.29, 1.82) is 0 Å². The quantitative estimate of drug-likeness (QED) is 0.883. The summed E-state index contributed by atoms with van der Waals surface area (Å²) in [7, 11) is 0. The smallest absolute Gasteiger partial charge is 0.0934 e. The van der Waals surface area contributed by atoms with Crippen molar-refractivity contribution in [2.75, 3.05) is 6.61 Å². The monoisotopic (exact) mass is 351 g/mol. The van der Waals surface area contributed by atoms with Crippen molar-refractivity contribution >= 4 is 22.9 Å². The third-order valence-corrected chi connectivity index (χ3v) is 5.93. The number of halogens is 1. The van der Waals surface area contributed by atoms with E-state index in [-0.39, 0.29) is 12.6 Å². The average molecular weight is 352 g/mol. The molecular formula is C17H22ClN3OS. The summed E-state index contributed by atoms with van der Waals surface area (Å²) in [5.41, 5.74) is 3.21. The number of hydrogen-bond acceptors (Lipinski definition) is 5. The van der Waals surface area contributed by atoms with E-state index in [1.54, 1.807) is 23.7 Å². The maximum absolute atomic E-state index is 9.30. The average Bonchev–Trinajstić information content (AvgIpc) is 2.88. The molecule has 2 aromatic rings. The van der Waals surface area contributed by atoms with Crippen molar-refractivity contribution in [3.8, 4) is 0 Å². The van der Waals surface area contributed by atoms with Crippen LogP contribution in [0.3, 0.4) is 0 Å². The van der Waals surface area contributed by atoms with Crippen LogP contribution in [0.5, 0.6) is 0 Å². The van der Waals surface area contributed by atoms with E-state index in [0.717, 1.165) is 28.6 Å². The summed E-state index contributed by atoms with van der Waals surface area (Å²) >= 11 is 7.89. The van der Waals surface area contributed by atoms with Gasteiger partial charge in [-0.25, -0.2) is 0 Å². The first-order valence-corrected chi connectivity index (χ1v) is 9.20. The van der Waals surface area contributed by atoms with Crippen LogP contribution in [0.4, 0.5) is 0 Å². The second kappa shape index (κ2) is 7.26. The fraction of sp³-hybridized carbons (Fsp3) is 0.529. The van der Waals surface area contributed by atoms with Gasteiger partial charge in [-0.3, -0.25) is 9.97 Å². The molecule has 3 unspecified atom stereocenters. The van der Waals surface area contributed by atoms with Crippen LogP contribution < -0.4 is 5.32 Å². The van der Waals surface area contributed by atoms with Gasteiger partial charge >= 0.3 is 0 Å². The molecule has 1 aliphatic rings. The lowest BCUT2D eigenvalue weighted by Gasteiger charge is -2.35. The Balaban J connectivity index is 1.88. The minimum atomic E-state index is 0.160. The molecule has 124 valence electrons. The van der Waals surface area contributed by atoms with Gasteiger partial charge in [0.05, 0.1) is 21.8 Å². The van der Waals surface area contributed by atoms with E-state index < -0.39 is 0 Å². The Morgan fingerprint density at radius 2 is 2.13 bits per heavy atom. The van der Waals surface area contributed by atoms with Gasteiger partial charge in [0.25, 0.3) is 0 Å². The van der Waals surface area contributed by atoms with Gasteiger partial charge in [0, 0.05) is 29.9 Å². The van der Waals surface area contributed by atoms with Crippen molar-refractivity contribution < 1.29 is 5.11 Å². The van der Waals surface area contributed by atoms with Crippen LogP contribution in [0.1, 0.15) is 53.6 Å². The summed E-state index contributed by atoms with van der Waals surface area (Å²) < 4.78 is 0.807. The molecule has 3 atom stereocenters. The van der Waals surface area contributed by atoms with Crippen molar-refractivity contribution in [1.82, 2.24) is 15.3 Å². The maximum atomic E-state index is 9.30. The van der Waals surface area contributed by atoms with Crippen LogP contribution >= 0.6 is 22.9 Å². The molecule has 3 rings (SSSR count). The van der Waals surface area contributed by atoms with Crippen LogP contribution in [-0.2, 0) is 6.42 Å². The van der Waals surface area contributed by atoms with Gasteiger partial charge in [0.1, 0.15) is 0 Å². The predicted octanol–water partition coefficient (Wildman–Crippen LogP) is 3.63. The van der Waals surface area contributed by atoms with Gasteiger partial charge < -0.3 is 10.4 Å². The van der Waals surface area contributed by atoms with Crippen molar-refractivity contribution in [2.45, 2.75) is 51.1 Å². The Labute approximate surface area is 145 Å². The first kappa shape index (κ1) is 16.8.